The number of nitrogens with one attached hydrogen (secondary N) is 1. The highest BCUT2D eigenvalue weighted by molar-refractivity contribution is 6.31. The van der Waals surface area contributed by atoms with Crippen LogP contribution in [0, 0.1) is 5.82 Å². The average molecular weight is 459 g/mol. The maximum absolute atomic E-state index is 13.5. The summed E-state index contributed by atoms with van der Waals surface area (Å²) in [6, 6.07) is 7.71. The zero-order valence-corrected chi connectivity index (χ0v) is 18.0. The molecule has 0 atom stereocenters. The lowest BCUT2D eigenvalue weighted by Crippen LogP contribution is -2.14. The molecule has 0 radical (unpaired) electrons. The van der Waals surface area contributed by atoms with Gasteiger partial charge in [-0.2, -0.15) is 0 Å². The van der Waals surface area contributed by atoms with Crippen molar-refractivity contribution in [3.63, 3.8) is 0 Å². The summed E-state index contributed by atoms with van der Waals surface area (Å²) in [5.41, 5.74) is 2.13. The number of carbonyl (C=O) groups is 1. The second-order valence-corrected chi connectivity index (χ2v) is 7.50. The van der Waals surface area contributed by atoms with Crippen molar-refractivity contribution in [1.82, 2.24) is 14.5 Å². The van der Waals surface area contributed by atoms with Gasteiger partial charge in [-0.1, -0.05) is 11.6 Å². The van der Waals surface area contributed by atoms with Gasteiger partial charge < -0.3 is 14.5 Å². The van der Waals surface area contributed by atoms with Gasteiger partial charge in [0.05, 0.1) is 22.7 Å². The van der Waals surface area contributed by atoms with Gasteiger partial charge in [0.1, 0.15) is 18.0 Å². The first-order valence-electron chi connectivity index (χ1n) is 10.1. The summed E-state index contributed by atoms with van der Waals surface area (Å²) >= 11 is 5.87. The van der Waals surface area contributed by atoms with E-state index in [2.05, 4.69) is 15.3 Å². The van der Waals surface area contributed by atoms with Crippen molar-refractivity contribution in [3.8, 4) is 0 Å². The zero-order chi connectivity index (χ0) is 22.7. The first kappa shape index (κ1) is 21.8. The van der Waals surface area contributed by atoms with Gasteiger partial charge in [-0.15, -0.1) is 0 Å². The molecule has 0 unspecified atom stereocenters. The van der Waals surface area contributed by atoms with E-state index in [4.69, 9.17) is 20.8 Å². The molecule has 1 N–H and O–H groups in total. The molecular formula is C22H20ClFN4O4. The van der Waals surface area contributed by atoms with Crippen LogP contribution in [0.25, 0.3) is 22.0 Å². The topological polar surface area (TPSA) is 99.2 Å². The van der Waals surface area contributed by atoms with Crippen LogP contribution in [0.3, 0.4) is 0 Å². The highest BCUT2D eigenvalue weighted by Gasteiger charge is 2.14. The molecule has 2 heterocycles. The van der Waals surface area contributed by atoms with Crippen molar-refractivity contribution in [2.75, 3.05) is 11.9 Å². The van der Waals surface area contributed by atoms with Gasteiger partial charge in [-0.05, 0) is 44.0 Å². The van der Waals surface area contributed by atoms with E-state index in [0.29, 0.717) is 65.9 Å². The van der Waals surface area contributed by atoms with Crippen LogP contribution in [-0.4, -0.2) is 27.1 Å². The summed E-state index contributed by atoms with van der Waals surface area (Å²) in [6.45, 7) is 2.50. The Hall–Kier alpha value is -3.46. The molecule has 0 spiro atoms. The van der Waals surface area contributed by atoms with Crippen molar-refractivity contribution in [1.29, 1.82) is 0 Å². The number of rotatable bonds is 8. The molecule has 2 aromatic heterocycles. The highest BCUT2D eigenvalue weighted by Crippen LogP contribution is 2.29. The van der Waals surface area contributed by atoms with Crippen molar-refractivity contribution in [2.24, 2.45) is 0 Å². The molecule has 2 aromatic carbocycles. The Morgan fingerprint density at radius 3 is 2.88 bits per heavy atom. The van der Waals surface area contributed by atoms with E-state index in [1.54, 1.807) is 25.1 Å². The molecule has 166 valence electrons. The van der Waals surface area contributed by atoms with Crippen molar-refractivity contribution < 1.29 is 18.3 Å². The molecule has 0 fully saturated rings. The molecular weight excluding hydrogens is 439 g/mol. The summed E-state index contributed by atoms with van der Waals surface area (Å²) in [6.07, 6.45) is 2.87. The molecule has 4 rings (SSSR count). The molecule has 0 amide bonds. The van der Waals surface area contributed by atoms with E-state index in [0.717, 1.165) is 0 Å². The van der Waals surface area contributed by atoms with Gasteiger partial charge in [0.25, 0.3) is 0 Å². The van der Waals surface area contributed by atoms with E-state index in [-0.39, 0.29) is 11.0 Å². The quantitative estimate of drug-likeness (QED) is 0.299. The van der Waals surface area contributed by atoms with Crippen LogP contribution >= 0.6 is 11.6 Å². The van der Waals surface area contributed by atoms with Gasteiger partial charge in [-0.3, -0.25) is 9.36 Å². The normalized spacial score (nSPS) is 11.2. The standard InChI is InChI=1S/C22H20ClFN4O4/c1-2-31-20(29)5-3-4-8-28-18-10-14-17(11-19(18)32-22(28)30)25-12-26-21(14)27-13-6-7-16(24)15(23)9-13/h6-7,9-12H,2-5,8H2,1H3,(H,25,26,27). The number of esters is 1. The van der Waals surface area contributed by atoms with Gasteiger partial charge >= 0.3 is 11.7 Å². The predicted molar refractivity (Wildman–Crippen MR) is 119 cm³/mol. The number of aromatic nitrogens is 3. The Kier molecular flexibility index (Phi) is 6.36. The monoisotopic (exact) mass is 458 g/mol. The number of halogens is 2. The van der Waals surface area contributed by atoms with Crippen LogP contribution < -0.4 is 11.1 Å². The molecule has 0 saturated heterocycles. The van der Waals surface area contributed by atoms with E-state index >= 15 is 0 Å². The van der Waals surface area contributed by atoms with Crippen molar-refractivity contribution >= 4 is 51.1 Å². The fourth-order valence-corrected chi connectivity index (χ4v) is 3.59. The van der Waals surface area contributed by atoms with Gasteiger partial charge in [0.2, 0.25) is 0 Å². The Bertz CT molecular complexity index is 1350. The van der Waals surface area contributed by atoms with Crippen LogP contribution in [0.5, 0.6) is 0 Å². The SMILES string of the molecule is CCOC(=O)CCCCn1c(=O)oc2cc3ncnc(Nc4ccc(F)c(Cl)c4)c3cc21. The molecule has 10 heteroatoms. The Morgan fingerprint density at radius 1 is 1.25 bits per heavy atom. The number of nitrogens with zero attached hydrogens (tertiary/aromatic N) is 3. The number of carbonyl (C=O) groups excluding carboxylic acids is 1. The van der Waals surface area contributed by atoms with Crippen LogP contribution in [0.4, 0.5) is 15.9 Å². The van der Waals surface area contributed by atoms with Crippen molar-refractivity contribution in [3.05, 3.63) is 58.0 Å². The second-order valence-electron chi connectivity index (χ2n) is 7.09. The second kappa shape index (κ2) is 9.35. The number of hydrogen-bond donors (Lipinski definition) is 1. The summed E-state index contributed by atoms with van der Waals surface area (Å²) in [4.78, 5) is 32.4. The molecule has 4 aromatic rings. The summed E-state index contributed by atoms with van der Waals surface area (Å²) in [5, 5.41) is 3.75. The minimum absolute atomic E-state index is 0.0118. The zero-order valence-electron chi connectivity index (χ0n) is 17.2. The fourth-order valence-electron chi connectivity index (χ4n) is 3.41. The number of aryl methyl sites for hydroxylation is 1. The van der Waals surface area contributed by atoms with E-state index in [1.807, 2.05) is 0 Å². The number of benzene rings is 2. The van der Waals surface area contributed by atoms with E-state index in [1.165, 1.54) is 23.0 Å². The largest absolute Gasteiger partial charge is 0.466 e. The third-order valence-corrected chi connectivity index (χ3v) is 5.21. The van der Waals surface area contributed by atoms with Gasteiger partial charge in [0, 0.05) is 30.1 Å². The number of ether oxygens (including phenoxy) is 1. The summed E-state index contributed by atoms with van der Waals surface area (Å²) in [5.74, 6) is -0.783. The number of unbranched alkanes of at least 4 members (excludes halogenated alkanes) is 1. The van der Waals surface area contributed by atoms with Crippen molar-refractivity contribution in [2.45, 2.75) is 32.7 Å². The molecule has 8 nitrogen and oxygen atoms in total. The lowest BCUT2D eigenvalue weighted by Gasteiger charge is -2.09. The highest BCUT2D eigenvalue weighted by atomic mass is 35.5. The predicted octanol–water partition coefficient (Wildman–Crippen LogP) is 4.81. The molecule has 0 aliphatic heterocycles. The number of oxazole rings is 1. The Labute approximate surface area is 187 Å². The lowest BCUT2D eigenvalue weighted by molar-refractivity contribution is -0.143. The average Bonchev–Trinajstić information content (AvgIpc) is 3.07. The van der Waals surface area contributed by atoms with Gasteiger partial charge in [-0.25, -0.2) is 19.2 Å². The molecule has 32 heavy (non-hydrogen) atoms. The lowest BCUT2D eigenvalue weighted by atomic mass is 10.2. The Morgan fingerprint density at radius 2 is 2.09 bits per heavy atom. The van der Waals surface area contributed by atoms with Gasteiger partial charge in [0.15, 0.2) is 5.58 Å². The maximum Gasteiger partial charge on any atom is 0.419 e. The minimum atomic E-state index is -0.517. The smallest absolute Gasteiger partial charge is 0.419 e. The third-order valence-electron chi connectivity index (χ3n) is 4.92. The van der Waals surface area contributed by atoms with Crippen LogP contribution in [0.15, 0.2) is 45.9 Å². The summed E-state index contributed by atoms with van der Waals surface area (Å²) < 4.78 is 25.3. The summed E-state index contributed by atoms with van der Waals surface area (Å²) in [7, 11) is 0. The van der Waals surface area contributed by atoms with Crippen LogP contribution in [0.1, 0.15) is 26.2 Å². The first-order chi connectivity index (χ1) is 15.5. The molecule has 0 aliphatic rings. The van der Waals surface area contributed by atoms with Crippen LogP contribution in [-0.2, 0) is 16.1 Å². The maximum atomic E-state index is 13.5. The molecule has 0 saturated carbocycles. The number of anilines is 2. The number of hydrogen-bond acceptors (Lipinski definition) is 7. The van der Waals surface area contributed by atoms with E-state index < -0.39 is 11.6 Å². The van der Waals surface area contributed by atoms with Crippen LogP contribution in [0.2, 0.25) is 5.02 Å². The van der Waals surface area contributed by atoms with E-state index in [9.17, 15) is 14.0 Å². The molecule has 0 bridgehead atoms. The molecule has 0 aliphatic carbocycles. The minimum Gasteiger partial charge on any atom is -0.466 e. The number of fused-ring (bicyclic) bond motifs is 2. The fraction of sp³-hybridized carbons (Fsp3) is 0.273. The first-order valence-corrected chi connectivity index (χ1v) is 10.5. The Balaban J connectivity index is 1.63. The third kappa shape index (κ3) is 4.57.